The summed E-state index contributed by atoms with van der Waals surface area (Å²) in [6, 6.07) is 6.03. The minimum atomic E-state index is -4.87. The number of Topliss-reactive ketones (excluding diaryl/α,β-unsaturated/α-hetero) is 1. The van der Waals surface area contributed by atoms with Gasteiger partial charge in [0.2, 0.25) is 23.5 Å². The monoisotopic (exact) mass is 862 g/mol. The Bertz CT molecular complexity index is 2160. The lowest BCUT2D eigenvalue weighted by molar-refractivity contribution is -0.142. The summed E-state index contributed by atoms with van der Waals surface area (Å²) < 4.78 is 29.4. The van der Waals surface area contributed by atoms with Gasteiger partial charge in [0.05, 0.1) is 17.1 Å². The summed E-state index contributed by atoms with van der Waals surface area (Å²) in [6.07, 6.45) is 8.75. The normalized spacial score (nSPS) is 15.7. The van der Waals surface area contributed by atoms with E-state index in [1.807, 2.05) is 19.2 Å². The van der Waals surface area contributed by atoms with Gasteiger partial charge in [0.25, 0.3) is 27.7 Å². The van der Waals surface area contributed by atoms with E-state index in [-0.39, 0.29) is 41.7 Å². The maximum atomic E-state index is 14.8. The first kappa shape index (κ1) is 48.1. The quantitative estimate of drug-likeness (QED) is 0.103. The maximum absolute atomic E-state index is 14.8. The second kappa shape index (κ2) is 22.3. The highest BCUT2D eigenvalue weighted by Gasteiger charge is 2.40. The Balaban J connectivity index is 1.71. The predicted molar refractivity (Wildman–Crippen MR) is 227 cm³/mol. The van der Waals surface area contributed by atoms with Gasteiger partial charge in [-0.05, 0) is 59.9 Å². The van der Waals surface area contributed by atoms with Crippen molar-refractivity contribution in [3.05, 3.63) is 66.7 Å². The lowest BCUT2D eigenvalue weighted by Crippen LogP contribution is -2.60. The highest BCUT2D eigenvalue weighted by atomic mass is 32.2. The third-order valence-electron chi connectivity index (χ3n) is 10.9. The van der Waals surface area contributed by atoms with E-state index in [1.165, 1.54) is 30.7 Å². The van der Waals surface area contributed by atoms with E-state index in [9.17, 15) is 42.0 Å². The molecule has 61 heavy (non-hydrogen) atoms. The second-order valence-electron chi connectivity index (χ2n) is 16.0. The van der Waals surface area contributed by atoms with Crippen LogP contribution in [0.4, 0.5) is 0 Å². The molecule has 1 unspecified atom stereocenters. The van der Waals surface area contributed by atoms with Crippen molar-refractivity contribution in [3.8, 4) is 0 Å². The van der Waals surface area contributed by atoms with E-state index in [4.69, 9.17) is 5.73 Å². The molecule has 4 rings (SSSR count). The molecule has 3 aromatic rings. The third kappa shape index (κ3) is 13.2. The average Bonchev–Trinajstić information content (AvgIpc) is 3.25. The zero-order valence-electron chi connectivity index (χ0n) is 35.4. The molecule has 0 saturated heterocycles. The predicted octanol–water partition coefficient (Wildman–Crippen LogP) is 2.93. The van der Waals surface area contributed by atoms with Crippen molar-refractivity contribution < 1.29 is 42.0 Å². The first-order valence-electron chi connectivity index (χ1n) is 20.8. The van der Waals surface area contributed by atoms with E-state index in [0.29, 0.717) is 34.3 Å². The fourth-order valence-electron chi connectivity index (χ4n) is 7.17. The zero-order valence-corrected chi connectivity index (χ0v) is 36.2. The Morgan fingerprint density at radius 1 is 0.836 bits per heavy atom. The van der Waals surface area contributed by atoms with Crippen LogP contribution in [0.2, 0.25) is 0 Å². The van der Waals surface area contributed by atoms with E-state index in [1.54, 1.807) is 51.1 Å². The number of hydrogen-bond acceptors (Lipinski definition) is 12. The average molecular weight is 863 g/mol. The number of aromatic nitrogens is 2. The number of amides is 6. The Morgan fingerprint density at radius 3 is 2.15 bits per heavy atom. The maximum Gasteiger partial charge on any atom is 0.295 e. The number of nitrogens with zero attached hydrogens (tertiary/aromatic N) is 3. The van der Waals surface area contributed by atoms with Gasteiger partial charge in [-0.3, -0.25) is 43.9 Å². The van der Waals surface area contributed by atoms with Crippen LogP contribution in [-0.2, 0) is 38.8 Å². The molecule has 1 aliphatic rings. The molecule has 6 amide bonds. The fourth-order valence-corrected chi connectivity index (χ4v) is 8.59. The molecule has 17 nitrogen and oxygen atoms in total. The van der Waals surface area contributed by atoms with E-state index >= 15 is 0 Å². The number of carbonyl (C=O) groups excluding carboxylic acids is 7. The van der Waals surface area contributed by atoms with Gasteiger partial charge in [0, 0.05) is 12.4 Å². The molecule has 0 radical (unpaired) electrons. The van der Waals surface area contributed by atoms with Crippen molar-refractivity contribution in [2.24, 2.45) is 23.5 Å². The van der Waals surface area contributed by atoms with Crippen LogP contribution in [-0.4, -0.2) is 94.6 Å². The molecular formula is C43H58N8O9S. The van der Waals surface area contributed by atoms with Gasteiger partial charge >= 0.3 is 0 Å². The van der Waals surface area contributed by atoms with Crippen LogP contribution < -0.4 is 27.0 Å². The Hall–Kier alpha value is -5.62. The summed E-state index contributed by atoms with van der Waals surface area (Å²) in [5, 5.41) is 11.3. The minimum Gasteiger partial charge on any atom is -0.342 e. The van der Waals surface area contributed by atoms with Crippen molar-refractivity contribution in [1.29, 1.82) is 0 Å². The molecule has 0 spiro atoms. The first-order chi connectivity index (χ1) is 29.0. The van der Waals surface area contributed by atoms with E-state index in [0.717, 1.165) is 19.3 Å². The van der Waals surface area contributed by atoms with Gasteiger partial charge < -0.3 is 21.7 Å². The molecule has 0 bridgehead atoms. The summed E-state index contributed by atoms with van der Waals surface area (Å²) >= 11 is 0. The van der Waals surface area contributed by atoms with Crippen LogP contribution in [0, 0.1) is 17.8 Å². The highest BCUT2D eigenvalue weighted by Crippen LogP contribution is 2.29. The standard InChI is InChI=1S/C43H58N8O9S/c1-6-27(5)37(50-39(54)33(21-26(3)4)47-40(55)35-24-45-19-20-46-35)41(56)48-34(22-28-13-9-8-10-14-28)43(58)51(25-36(52)49-42(57)38(53)32(44)7-2)61(59,60)31-18-17-29-15-11-12-16-30(29)23-31/h11-12,15-20,23-24,26-28,32-34,37H,6-10,13-14,21-22,25,44H2,1-5H3,(H,47,55)(H,48,56)(H,50,54)(H,49,52,57)/t27-,32?,33-,34-,37-/m0/s1. The smallest absolute Gasteiger partial charge is 0.295 e. The van der Waals surface area contributed by atoms with Crippen molar-refractivity contribution in [3.63, 3.8) is 0 Å². The van der Waals surface area contributed by atoms with Crippen LogP contribution >= 0.6 is 0 Å². The Morgan fingerprint density at radius 2 is 1.52 bits per heavy atom. The number of imide groups is 1. The van der Waals surface area contributed by atoms with Crippen LogP contribution in [0.1, 0.15) is 103 Å². The van der Waals surface area contributed by atoms with Crippen LogP contribution in [0.15, 0.2) is 66.0 Å². The molecule has 1 fully saturated rings. The van der Waals surface area contributed by atoms with Gasteiger partial charge in [0.1, 0.15) is 30.4 Å². The number of rotatable bonds is 20. The summed E-state index contributed by atoms with van der Waals surface area (Å²) in [5.41, 5.74) is 5.69. The first-order valence-corrected chi connectivity index (χ1v) is 22.3. The Kier molecular flexibility index (Phi) is 17.6. The van der Waals surface area contributed by atoms with Crippen LogP contribution in [0.3, 0.4) is 0 Å². The topological polar surface area (TPSA) is 257 Å². The van der Waals surface area contributed by atoms with Crippen LogP contribution in [0.25, 0.3) is 10.8 Å². The summed E-state index contributed by atoms with van der Waals surface area (Å²) in [6.45, 7) is 7.61. The number of benzene rings is 2. The van der Waals surface area contributed by atoms with Crippen molar-refractivity contribution >= 4 is 62.0 Å². The molecule has 0 aliphatic heterocycles. The number of nitrogens with two attached hydrogens (primary N) is 1. The number of fused-ring (bicyclic) bond motifs is 1. The minimum absolute atomic E-state index is 0.00399. The number of hydrogen-bond donors (Lipinski definition) is 5. The van der Waals surface area contributed by atoms with Gasteiger partial charge in [-0.2, -0.15) is 0 Å². The number of sulfonamides is 1. The van der Waals surface area contributed by atoms with Gasteiger partial charge in [-0.15, -0.1) is 0 Å². The highest BCUT2D eigenvalue weighted by molar-refractivity contribution is 7.89. The molecule has 1 heterocycles. The van der Waals surface area contributed by atoms with E-state index in [2.05, 4.69) is 25.9 Å². The largest absolute Gasteiger partial charge is 0.342 e. The molecule has 1 saturated carbocycles. The van der Waals surface area contributed by atoms with Crippen molar-refractivity contribution in [1.82, 2.24) is 35.5 Å². The van der Waals surface area contributed by atoms with Crippen molar-refractivity contribution in [2.45, 2.75) is 121 Å². The van der Waals surface area contributed by atoms with Gasteiger partial charge in [-0.1, -0.05) is 103 Å². The van der Waals surface area contributed by atoms with Crippen LogP contribution in [0.5, 0.6) is 0 Å². The SMILES string of the molecule is CCC(N)C(=O)C(=O)NC(=O)CN(C(=O)[C@H](CC1CCCCC1)NC(=O)[C@@H](NC(=O)[C@H](CC(C)C)NC(=O)c1cnccn1)[C@@H](C)CC)S(=O)(=O)c1ccc2ccccc2c1. The summed E-state index contributed by atoms with van der Waals surface area (Å²) in [7, 11) is -4.87. The molecule has 1 aromatic heterocycles. The van der Waals surface area contributed by atoms with Gasteiger partial charge in [0.15, 0.2) is 0 Å². The second-order valence-corrected chi connectivity index (χ2v) is 17.9. The number of ketones is 1. The molecular weight excluding hydrogens is 805 g/mol. The summed E-state index contributed by atoms with van der Waals surface area (Å²) in [5.74, 6) is -7.67. The third-order valence-corrected chi connectivity index (χ3v) is 12.7. The number of nitrogens with one attached hydrogen (secondary N) is 4. The Labute approximate surface area is 356 Å². The molecule has 1 aliphatic carbocycles. The van der Waals surface area contributed by atoms with E-state index < -0.39 is 87.9 Å². The van der Waals surface area contributed by atoms with Crippen molar-refractivity contribution in [2.75, 3.05) is 6.54 Å². The lowest BCUT2D eigenvalue weighted by atomic mass is 9.84. The summed E-state index contributed by atoms with van der Waals surface area (Å²) in [4.78, 5) is 102. The number of carbonyl (C=O) groups is 7. The molecule has 6 N–H and O–H groups in total. The molecule has 330 valence electrons. The molecule has 18 heteroatoms. The van der Waals surface area contributed by atoms with Gasteiger partial charge in [-0.25, -0.2) is 17.7 Å². The molecule has 5 atom stereocenters. The lowest BCUT2D eigenvalue weighted by Gasteiger charge is -2.32. The fraction of sp³-hybridized carbons (Fsp3) is 0.512. The zero-order chi connectivity index (χ0) is 44.9. The molecule has 2 aromatic carbocycles.